The van der Waals surface area contributed by atoms with Gasteiger partial charge in [-0.05, 0) is 35.0 Å². The highest BCUT2D eigenvalue weighted by Crippen LogP contribution is 2.31. The van der Waals surface area contributed by atoms with Crippen molar-refractivity contribution in [3.8, 4) is 11.3 Å². The van der Waals surface area contributed by atoms with Crippen LogP contribution in [0.5, 0.6) is 0 Å². The lowest BCUT2D eigenvalue weighted by Crippen LogP contribution is -1.85. The molecule has 0 radical (unpaired) electrons. The number of nitrogens with two attached hydrogens (primary N) is 1. The Morgan fingerprint density at radius 2 is 2.20 bits per heavy atom. The molecule has 0 amide bonds. The second-order valence-corrected chi connectivity index (χ2v) is 4.41. The van der Waals surface area contributed by atoms with Crippen LogP contribution in [-0.4, -0.2) is 5.16 Å². The van der Waals surface area contributed by atoms with Crippen molar-refractivity contribution in [2.75, 3.05) is 5.73 Å². The summed E-state index contributed by atoms with van der Waals surface area (Å²) in [5.74, 6) is 0.337. The van der Waals surface area contributed by atoms with Crippen LogP contribution in [0.15, 0.2) is 27.2 Å². The molecule has 0 spiro atoms. The van der Waals surface area contributed by atoms with Crippen molar-refractivity contribution in [2.24, 2.45) is 0 Å². The van der Waals surface area contributed by atoms with Gasteiger partial charge in [0.1, 0.15) is 5.69 Å². The molecule has 2 aromatic rings. The first-order valence-electron chi connectivity index (χ1n) is 4.26. The number of rotatable bonds is 1. The molecule has 0 fully saturated rings. The van der Waals surface area contributed by atoms with Crippen molar-refractivity contribution >= 4 is 33.4 Å². The lowest BCUT2D eigenvalue weighted by atomic mass is 10.1. The van der Waals surface area contributed by atoms with Crippen LogP contribution in [0.3, 0.4) is 0 Å². The predicted molar refractivity (Wildman–Crippen MR) is 63.8 cm³/mol. The van der Waals surface area contributed by atoms with Crippen LogP contribution in [0, 0.1) is 6.92 Å². The van der Waals surface area contributed by atoms with Gasteiger partial charge in [-0.1, -0.05) is 22.8 Å². The minimum absolute atomic E-state index is 0.337. The van der Waals surface area contributed by atoms with Crippen LogP contribution in [0.2, 0.25) is 5.02 Å². The normalized spacial score (nSPS) is 10.6. The van der Waals surface area contributed by atoms with Gasteiger partial charge < -0.3 is 10.3 Å². The van der Waals surface area contributed by atoms with Gasteiger partial charge in [0.25, 0.3) is 0 Å². The molecule has 1 heterocycles. The van der Waals surface area contributed by atoms with Gasteiger partial charge in [0.05, 0.1) is 5.02 Å². The maximum atomic E-state index is 5.99. The average molecular weight is 288 g/mol. The van der Waals surface area contributed by atoms with Crippen LogP contribution in [-0.2, 0) is 0 Å². The third-order valence-corrected chi connectivity index (χ3v) is 3.39. The van der Waals surface area contributed by atoms with E-state index in [1.54, 1.807) is 0 Å². The molecular formula is C10H8BrClN2O. The zero-order valence-corrected chi connectivity index (χ0v) is 10.3. The fourth-order valence-electron chi connectivity index (χ4n) is 1.26. The standard InChI is InChI=1S/C10H8BrClN2O/c1-5-9(14-15-10(5)13)6-2-3-7(11)8(12)4-6/h2-4H,13H2,1H3. The van der Waals surface area contributed by atoms with Crippen molar-refractivity contribution in [1.82, 2.24) is 5.16 Å². The molecule has 1 aromatic carbocycles. The van der Waals surface area contributed by atoms with Gasteiger partial charge in [-0.25, -0.2) is 0 Å². The summed E-state index contributed by atoms with van der Waals surface area (Å²) in [5, 5.41) is 4.52. The molecule has 0 unspecified atom stereocenters. The van der Waals surface area contributed by atoms with Gasteiger partial charge in [0.2, 0.25) is 5.88 Å². The molecule has 3 nitrogen and oxygen atoms in total. The molecule has 0 aliphatic heterocycles. The van der Waals surface area contributed by atoms with E-state index in [1.165, 1.54) is 0 Å². The number of hydrogen-bond acceptors (Lipinski definition) is 3. The largest absolute Gasteiger partial charge is 0.367 e. The number of anilines is 1. The fraction of sp³-hybridized carbons (Fsp3) is 0.100. The van der Waals surface area contributed by atoms with E-state index < -0.39 is 0 Å². The summed E-state index contributed by atoms with van der Waals surface area (Å²) in [7, 11) is 0. The number of hydrogen-bond donors (Lipinski definition) is 1. The number of nitrogen functional groups attached to an aromatic ring is 1. The van der Waals surface area contributed by atoms with E-state index >= 15 is 0 Å². The molecule has 2 N–H and O–H groups in total. The summed E-state index contributed by atoms with van der Waals surface area (Å²) < 4.78 is 5.74. The molecule has 15 heavy (non-hydrogen) atoms. The summed E-state index contributed by atoms with van der Waals surface area (Å²) in [5.41, 5.74) is 8.02. The molecule has 0 aliphatic rings. The third kappa shape index (κ3) is 1.87. The average Bonchev–Trinajstić information content (AvgIpc) is 2.53. The van der Waals surface area contributed by atoms with E-state index in [0.717, 1.165) is 21.3 Å². The van der Waals surface area contributed by atoms with Gasteiger partial charge >= 0.3 is 0 Å². The third-order valence-electron chi connectivity index (χ3n) is 2.15. The second-order valence-electron chi connectivity index (χ2n) is 3.15. The van der Waals surface area contributed by atoms with Crippen LogP contribution in [0.25, 0.3) is 11.3 Å². The Balaban J connectivity index is 2.55. The van der Waals surface area contributed by atoms with E-state index in [0.29, 0.717) is 10.9 Å². The summed E-state index contributed by atoms with van der Waals surface area (Å²) in [6.07, 6.45) is 0. The fourth-order valence-corrected chi connectivity index (χ4v) is 1.69. The number of nitrogens with zero attached hydrogens (tertiary/aromatic N) is 1. The summed E-state index contributed by atoms with van der Waals surface area (Å²) in [6.45, 7) is 1.86. The second kappa shape index (κ2) is 3.87. The monoisotopic (exact) mass is 286 g/mol. The zero-order chi connectivity index (χ0) is 11.0. The van der Waals surface area contributed by atoms with Crippen LogP contribution in [0.4, 0.5) is 5.88 Å². The molecule has 0 saturated heterocycles. The SMILES string of the molecule is Cc1c(-c2ccc(Br)c(Cl)c2)noc1N. The van der Waals surface area contributed by atoms with E-state index in [1.807, 2.05) is 25.1 Å². The van der Waals surface area contributed by atoms with Gasteiger partial charge in [-0.15, -0.1) is 0 Å². The van der Waals surface area contributed by atoms with Crippen LogP contribution < -0.4 is 5.73 Å². The summed E-state index contributed by atoms with van der Waals surface area (Å²) in [6, 6.07) is 5.58. The van der Waals surface area contributed by atoms with Gasteiger partial charge in [0.15, 0.2) is 0 Å². The Morgan fingerprint density at radius 1 is 1.47 bits per heavy atom. The molecule has 0 bridgehead atoms. The molecule has 78 valence electrons. The molecule has 2 rings (SSSR count). The molecule has 0 aliphatic carbocycles. The topological polar surface area (TPSA) is 52.0 Å². The minimum atomic E-state index is 0.337. The highest BCUT2D eigenvalue weighted by atomic mass is 79.9. The molecule has 5 heteroatoms. The minimum Gasteiger partial charge on any atom is -0.367 e. The lowest BCUT2D eigenvalue weighted by molar-refractivity contribution is 0.439. The maximum Gasteiger partial charge on any atom is 0.225 e. The Hall–Kier alpha value is -1.00. The Labute approximate surface area is 100 Å². The van der Waals surface area contributed by atoms with Gasteiger partial charge in [-0.3, -0.25) is 0 Å². The van der Waals surface area contributed by atoms with Crippen molar-refractivity contribution in [3.05, 3.63) is 33.3 Å². The van der Waals surface area contributed by atoms with Gasteiger partial charge in [-0.2, -0.15) is 0 Å². The predicted octanol–water partition coefficient (Wildman–Crippen LogP) is 3.65. The first-order chi connectivity index (χ1) is 7.09. The molecule has 1 aromatic heterocycles. The van der Waals surface area contributed by atoms with E-state index in [4.69, 9.17) is 21.9 Å². The molecule has 0 saturated carbocycles. The lowest BCUT2D eigenvalue weighted by Gasteiger charge is -2.00. The molecule has 0 atom stereocenters. The van der Waals surface area contributed by atoms with Crippen LogP contribution in [0.1, 0.15) is 5.56 Å². The highest BCUT2D eigenvalue weighted by molar-refractivity contribution is 9.10. The molecular weight excluding hydrogens is 279 g/mol. The zero-order valence-electron chi connectivity index (χ0n) is 7.92. The smallest absolute Gasteiger partial charge is 0.225 e. The first kappa shape index (κ1) is 10.5. The number of halogens is 2. The van der Waals surface area contributed by atoms with E-state index in [2.05, 4.69) is 21.1 Å². The highest BCUT2D eigenvalue weighted by Gasteiger charge is 2.11. The summed E-state index contributed by atoms with van der Waals surface area (Å²) >= 11 is 9.31. The van der Waals surface area contributed by atoms with Gasteiger partial charge in [0, 0.05) is 15.6 Å². The Bertz CT molecular complexity index is 510. The maximum absolute atomic E-state index is 5.99. The van der Waals surface area contributed by atoms with E-state index in [9.17, 15) is 0 Å². The number of aromatic nitrogens is 1. The van der Waals surface area contributed by atoms with E-state index in [-0.39, 0.29) is 0 Å². The van der Waals surface area contributed by atoms with Crippen molar-refractivity contribution in [2.45, 2.75) is 6.92 Å². The first-order valence-corrected chi connectivity index (χ1v) is 5.44. The Kier molecular flexibility index (Phi) is 2.71. The quantitative estimate of drug-likeness (QED) is 0.871. The number of benzene rings is 1. The van der Waals surface area contributed by atoms with Crippen molar-refractivity contribution in [3.63, 3.8) is 0 Å². The Morgan fingerprint density at radius 3 is 2.73 bits per heavy atom. The van der Waals surface area contributed by atoms with Crippen molar-refractivity contribution in [1.29, 1.82) is 0 Å². The summed E-state index contributed by atoms with van der Waals surface area (Å²) in [4.78, 5) is 0. The van der Waals surface area contributed by atoms with Crippen LogP contribution >= 0.6 is 27.5 Å². The van der Waals surface area contributed by atoms with Crippen molar-refractivity contribution < 1.29 is 4.52 Å².